The molecule has 0 aliphatic rings. The number of nitrogens with one attached hydrogen (secondary N) is 1. The van der Waals surface area contributed by atoms with Gasteiger partial charge in [0.15, 0.2) is 5.65 Å². The van der Waals surface area contributed by atoms with Gasteiger partial charge in [-0.1, -0.05) is 0 Å². The van der Waals surface area contributed by atoms with Gasteiger partial charge in [0.2, 0.25) is 0 Å². The standard InChI is InChI=1S/C10H12N4O2/c1-7-2-9-12-4-8(6-14(9)13-7)3-11-5-10(15)16/h2,4,6,11H,3,5H2,1H3,(H,15,16). The zero-order valence-electron chi connectivity index (χ0n) is 8.84. The molecule has 0 amide bonds. The maximum absolute atomic E-state index is 10.3. The van der Waals surface area contributed by atoms with Crippen molar-refractivity contribution in [1.82, 2.24) is 19.9 Å². The van der Waals surface area contributed by atoms with Crippen LogP contribution in [0.25, 0.3) is 5.65 Å². The summed E-state index contributed by atoms with van der Waals surface area (Å²) >= 11 is 0. The zero-order chi connectivity index (χ0) is 11.5. The zero-order valence-corrected chi connectivity index (χ0v) is 8.84. The second-order valence-corrected chi connectivity index (χ2v) is 3.55. The lowest BCUT2D eigenvalue weighted by molar-refractivity contribution is -0.135. The van der Waals surface area contributed by atoms with Crippen molar-refractivity contribution >= 4 is 11.6 Å². The van der Waals surface area contributed by atoms with Gasteiger partial charge in [-0.25, -0.2) is 9.50 Å². The molecule has 2 rings (SSSR count). The minimum Gasteiger partial charge on any atom is -0.480 e. The van der Waals surface area contributed by atoms with E-state index in [1.807, 2.05) is 19.2 Å². The fourth-order valence-corrected chi connectivity index (χ4v) is 1.44. The summed E-state index contributed by atoms with van der Waals surface area (Å²) in [4.78, 5) is 14.5. The lowest BCUT2D eigenvalue weighted by Gasteiger charge is -2.01. The Morgan fingerprint density at radius 1 is 1.62 bits per heavy atom. The molecule has 16 heavy (non-hydrogen) atoms. The summed E-state index contributed by atoms with van der Waals surface area (Å²) in [6, 6.07) is 1.88. The van der Waals surface area contributed by atoms with Crippen LogP contribution in [0.15, 0.2) is 18.5 Å². The maximum Gasteiger partial charge on any atom is 0.317 e. The van der Waals surface area contributed by atoms with Crippen LogP contribution in [0.2, 0.25) is 0 Å². The summed E-state index contributed by atoms with van der Waals surface area (Å²) in [7, 11) is 0. The summed E-state index contributed by atoms with van der Waals surface area (Å²) in [6.45, 7) is 2.31. The highest BCUT2D eigenvalue weighted by Crippen LogP contribution is 2.04. The molecule has 0 aliphatic heterocycles. The van der Waals surface area contributed by atoms with Crippen molar-refractivity contribution in [3.63, 3.8) is 0 Å². The Bertz CT molecular complexity index is 521. The van der Waals surface area contributed by atoms with Crippen molar-refractivity contribution < 1.29 is 9.90 Å². The number of rotatable bonds is 4. The van der Waals surface area contributed by atoms with E-state index in [0.717, 1.165) is 16.9 Å². The molecule has 84 valence electrons. The van der Waals surface area contributed by atoms with Gasteiger partial charge in [0.05, 0.1) is 12.2 Å². The summed E-state index contributed by atoms with van der Waals surface area (Å²) in [5, 5.41) is 15.5. The molecular weight excluding hydrogens is 208 g/mol. The molecule has 2 N–H and O–H groups in total. The fraction of sp³-hybridized carbons (Fsp3) is 0.300. The van der Waals surface area contributed by atoms with Gasteiger partial charge in [-0.05, 0) is 6.92 Å². The Hall–Kier alpha value is -1.95. The molecular formula is C10H12N4O2. The minimum absolute atomic E-state index is 0.0594. The highest BCUT2D eigenvalue weighted by Gasteiger charge is 2.01. The van der Waals surface area contributed by atoms with Crippen molar-refractivity contribution in [3.8, 4) is 0 Å². The fourth-order valence-electron chi connectivity index (χ4n) is 1.44. The number of aromatic nitrogens is 3. The average molecular weight is 220 g/mol. The van der Waals surface area contributed by atoms with E-state index >= 15 is 0 Å². The second kappa shape index (κ2) is 4.28. The summed E-state index contributed by atoms with van der Waals surface area (Å²) < 4.78 is 1.69. The van der Waals surface area contributed by atoms with Gasteiger partial charge >= 0.3 is 5.97 Å². The van der Waals surface area contributed by atoms with E-state index in [1.165, 1.54) is 0 Å². The lowest BCUT2D eigenvalue weighted by atomic mass is 10.3. The first kappa shape index (κ1) is 10.6. The van der Waals surface area contributed by atoms with Crippen LogP contribution in [-0.2, 0) is 11.3 Å². The Labute approximate surface area is 91.9 Å². The Morgan fingerprint density at radius 2 is 2.44 bits per heavy atom. The van der Waals surface area contributed by atoms with Gasteiger partial charge in [0.25, 0.3) is 0 Å². The molecule has 0 atom stereocenters. The normalized spacial score (nSPS) is 10.8. The van der Waals surface area contributed by atoms with Crippen LogP contribution in [0.3, 0.4) is 0 Å². The number of aryl methyl sites for hydroxylation is 1. The van der Waals surface area contributed by atoms with Crippen LogP contribution in [0.1, 0.15) is 11.3 Å². The van der Waals surface area contributed by atoms with Crippen LogP contribution in [0.5, 0.6) is 0 Å². The third-order valence-electron chi connectivity index (χ3n) is 2.09. The molecule has 0 saturated heterocycles. The predicted molar refractivity (Wildman–Crippen MR) is 57.1 cm³/mol. The highest BCUT2D eigenvalue weighted by atomic mass is 16.4. The molecule has 0 fully saturated rings. The van der Waals surface area contributed by atoms with E-state index in [2.05, 4.69) is 15.4 Å². The molecule has 0 radical (unpaired) electrons. The molecule has 2 aromatic rings. The van der Waals surface area contributed by atoms with E-state index in [4.69, 9.17) is 5.11 Å². The quantitative estimate of drug-likeness (QED) is 0.770. The Balaban J connectivity index is 2.10. The van der Waals surface area contributed by atoms with E-state index in [9.17, 15) is 4.79 Å². The number of fused-ring (bicyclic) bond motifs is 1. The van der Waals surface area contributed by atoms with Crippen molar-refractivity contribution in [1.29, 1.82) is 0 Å². The molecule has 0 unspecified atom stereocenters. The van der Waals surface area contributed by atoms with Gasteiger partial charge in [-0.3, -0.25) is 4.79 Å². The van der Waals surface area contributed by atoms with Crippen molar-refractivity contribution in [2.75, 3.05) is 6.54 Å². The van der Waals surface area contributed by atoms with Crippen LogP contribution in [-0.4, -0.2) is 32.2 Å². The molecule has 6 heteroatoms. The number of hydrogen-bond acceptors (Lipinski definition) is 4. The SMILES string of the molecule is Cc1cc2ncc(CNCC(=O)O)cn2n1. The minimum atomic E-state index is -0.871. The number of carboxylic acid groups (broad SMARTS) is 1. The molecule has 0 aliphatic carbocycles. The molecule has 0 spiro atoms. The number of aliphatic carboxylic acids is 1. The topological polar surface area (TPSA) is 79.5 Å². The Morgan fingerprint density at radius 3 is 3.19 bits per heavy atom. The van der Waals surface area contributed by atoms with Gasteiger partial charge in [0, 0.05) is 30.6 Å². The third kappa shape index (κ3) is 2.34. The van der Waals surface area contributed by atoms with Crippen LogP contribution < -0.4 is 5.32 Å². The molecule has 0 bridgehead atoms. The third-order valence-corrected chi connectivity index (χ3v) is 2.09. The van der Waals surface area contributed by atoms with Crippen LogP contribution in [0.4, 0.5) is 0 Å². The molecule has 0 aromatic carbocycles. The van der Waals surface area contributed by atoms with Gasteiger partial charge in [-0.15, -0.1) is 0 Å². The average Bonchev–Trinajstić information content (AvgIpc) is 2.56. The molecule has 2 heterocycles. The van der Waals surface area contributed by atoms with E-state index < -0.39 is 5.97 Å². The van der Waals surface area contributed by atoms with Crippen molar-refractivity contribution in [2.45, 2.75) is 13.5 Å². The van der Waals surface area contributed by atoms with Crippen molar-refractivity contribution in [3.05, 3.63) is 29.7 Å². The van der Waals surface area contributed by atoms with Gasteiger partial charge in [0.1, 0.15) is 0 Å². The highest BCUT2D eigenvalue weighted by molar-refractivity contribution is 5.68. The van der Waals surface area contributed by atoms with E-state index in [1.54, 1.807) is 10.7 Å². The monoisotopic (exact) mass is 220 g/mol. The predicted octanol–water partition coefficient (Wildman–Crippen LogP) is 0.212. The second-order valence-electron chi connectivity index (χ2n) is 3.55. The molecule has 0 saturated carbocycles. The first-order valence-corrected chi connectivity index (χ1v) is 4.88. The summed E-state index contributed by atoms with van der Waals surface area (Å²) in [6.07, 6.45) is 3.55. The molecule has 2 aromatic heterocycles. The van der Waals surface area contributed by atoms with Crippen molar-refractivity contribution in [2.24, 2.45) is 0 Å². The number of carbonyl (C=O) groups is 1. The maximum atomic E-state index is 10.3. The van der Waals surface area contributed by atoms with Crippen LogP contribution >= 0.6 is 0 Å². The summed E-state index contributed by atoms with van der Waals surface area (Å²) in [5.74, 6) is -0.871. The molecule has 6 nitrogen and oxygen atoms in total. The van der Waals surface area contributed by atoms with Crippen LogP contribution in [0, 0.1) is 6.92 Å². The lowest BCUT2D eigenvalue weighted by Crippen LogP contribution is -2.22. The number of hydrogen-bond donors (Lipinski definition) is 2. The smallest absolute Gasteiger partial charge is 0.317 e. The first-order valence-electron chi connectivity index (χ1n) is 4.88. The largest absolute Gasteiger partial charge is 0.480 e. The van der Waals surface area contributed by atoms with Gasteiger partial charge in [-0.2, -0.15) is 5.10 Å². The van der Waals surface area contributed by atoms with E-state index in [-0.39, 0.29) is 6.54 Å². The summed E-state index contributed by atoms with van der Waals surface area (Å²) in [5.41, 5.74) is 2.60. The number of nitrogens with zero attached hydrogens (tertiary/aromatic N) is 3. The Kier molecular flexibility index (Phi) is 2.82. The first-order chi connectivity index (χ1) is 7.65. The van der Waals surface area contributed by atoms with E-state index in [0.29, 0.717) is 6.54 Å². The number of carboxylic acids is 1. The van der Waals surface area contributed by atoms with Gasteiger partial charge < -0.3 is 10.4 Å².